The van der Waals surface area contributed by atoms with E-state index in [-0.39, 0.29) is 11.5 Å². The summed E-state index contributed by atoms with van der Waals surface area (Å²) >= 11 is 7.77. The number of hydrogen-bond acceptors (Lipinski definition) is 5. The Balaban J connectivity index is 1.68. The average Bonchev–Trinajstić information content (AvgIpc) is 3.22. The molecule has 5 nitrogen and oxygen atoms in total. The Morgan fingerprint density at radius 3 is 2.55 bits per heavy atom. The second-order valence-electron chi connectivity index (χ2n) is 6.90. The molecule has 0 saturated carbocycles. The fraction of sp³-hybridized carbons (Fsp3) is 0.125. The van der Waals surface area contributed by atoms with Crippen LogP contribution in [-0.2, 0) is 0 Å². The molecule has 0 N–H and O–H groups in total. The van der Waals surface area contributed by atoms with Crippen LogP contribution in [0.25, 0.3) is 17.1 Å². The van der Waals surface area contributed by atoms with Crippen LogP contribution in [0.4, 0.5) is 0 Å². The molecule has 0 spiro atoms. The van der Waals surface area contributed by atoms with Gasteiger partial charge in [0.15, 0.2) is 16.8 Å². The number of carbonyl (C=O) groups is 1. The zero-order valence-corrected chi connectivity index (χ0v) is 18.7. The molecule has 4 aromatic rings. The molecule has 1 aromatic heterocycles. The normalized spacial score (nSPS) is 10.8. The summed E-state index contributed by atoms with van der Waals surface area (Å²) in [5, 5.41) is 9.98. The average molecular weight is 450 g/mol. The number of hydrogen-bond donors (Lipinski definition) is 0. The number of nitrogens with zero attached hydrogens (tertiary/aromatic N) is 3. The van der Waals surface area contributed by atoms with E-state index in [2.05, 4.69) is 10.2 Å². The van der Waals surface area contributed by atoms with E-state index in [9.17, 15) is 4.79 Å². The highest BCUT2D eigenvalue weighted by Gasteiger charge is 2.19. The third-order valence-corrected chi connectivity index (χ3v) is 6.02. The van der Waals surface area contributed by atoms with Crippen LogP contribution in [0.5, 0.6) is 5.75 Å². The standard InChI is InChI=1S/C24H20ClN3O2S/c1-16-10-12-18(13-11-16)28-23(20-8-3-4-9-21(20)25)26-27-24(28)31-15-22(29)17-6-5-7-19(14-17)30-2/h3-14H,15H2,1-2H3. The minimum absolute atomic E-state index is 0.0124. The van der Waals surface area contributed by atoms with Crippen LogP contribution >= 0.6 is 23.4 Å². The minimum atomic E-state index is -0.0124. The van der Waals surface area contributed by atoms with Crippen LogP contribution in [0.3, 0.4) is 0 Å². The summed E-state index contributed by atoms with van der Waals surface area (Å²) < 4.78 is 7.15. The topological polar surface area (TPSA) is 57.0 Å². The minimum Gasteiger partial charge on any atom is -0.497 e. The molecule has 4 rings (SSSR count). The van der Waals surface area contributed by atoms with Gasteiger partial charge in [-0.05, 0) is 43.3 Å². The molecule has 0 amide bonds. The molecule has 0 fully saturated rings. The molecule has 0 unspecified atom stereocenters. The quantitative estimate of drug-likeness (QED) is 0.260. The molecule has 0 aliphatic rings. The molecule has 0 bridgehead atoms. The lowest BCUT2D eigenvalue weighted by molar-refractivity contribution is 0.102. The predicted octanol–water partition coefficient (Wildman–Crippen LogP) is 5.88. The van der Waals surface area contributed by atoms with Crippen molar-refractivity contribution in [3.05, 3.63) is 88.9 Å². The van der Waals surface area contributed by atoms with Gasteiger partial charge < -0.3 is 4.74 Å². The summed E-state index contributed by atoms with van der Waals surface area (Å²) in [6.45, 7) is 2.04. The van der Waals surface area contributed by atoms with Gasteiger partial charge in [-0.3, -0.25) is 9.36 Å². The van der Waals surface area contributed by atoms with Gasteiger partial charge in [0.1, 0.15) is 5.75 Å². The zero-order chi connectivity index (χ0) is 21.8. The number of aromatic nitrogens is 3. The Hall–Kier alpha value is -3.09. The molecular formula is C24H20ClN3O2S. The van der Waals surface area contributed by atoms with Gasteiger partial charge in [0, 0.05) is 16.8 Å². The summed E-state index contributed by atoms with van der Waals surface area (Å²) in [6.07, 6.45) is 0. The molecule has 0 atom stereocenters. The molecule has 0 radical (unpaired) electrons. The fourth-order valence-corrected chi connectivity index (χ4v) is 4.18. The van der Waals surface area contributed by atoms with Gasteiger partial charge in [-0.25, -0.2) is 0 Å². The fourth-order valence-electron chi connectivity index (χ4n) is 3.12. The highest BCUT2D eigenvalue weighted by atomic mass is 35.5. The van der Waals surface area contributed by atoms with Gasteiger partial charge in [0.05, 0.1) is 17.9 Å². The summed E-state index contributed by atoms with van der Waals surface area (Å²) in [6, 6.07) is 22.7. The van der Waals surface area contributed by atoms with Crippen LogP contribution in [0.2, 0.25) is 5.02 Å². The lowest BCUT2D eigenvalue weighted by Gasteiger charge is -2.11. The first-order chi connectivity index (χ1) is 15.1. The summed E-state index contributed by atoms with van der Waals surface area (Å²) in [5.74, 6) is 1.49. The van der Waals surface area contributed by atoms with Gasteiger partial charge in [0.2, 0.25) is 0 Å². The molecule has 3 aromatic carbocycles. The van der Waals surface area contributed by atoms with Crippen molar-refractivity contribution in [3.63, 3.8) is 0 Å². The first kappa shape index (κ1) is 21.2. The molecule has 31 heavy (non-hydrogen) atoms. The van der Waals surface area contributed by atoms with E-state index in [4.69, 9.17) is 16.3 Å². The molecule has 0 saturated heterocycles. The van der Waals surface area contributed by atoms with E-state index in [0.29, 0.717) is 27.3 Å². The van der Waals surface area contributed by atoms with Gasteiger partial charge >= 0.3 is 0 Å². The Bertz CT molecular complexity index is 1220. The molecule has 0 aliphatic heterocycles. The Labute approximate surface area is 190 Å². The van der Waals surface area contributed by atoms with E-state index >= 15 is 0 Å². The maximum absolute atomic E-state index is 12.8. The van der Waals surface area contributed by atoms with Crippen LogP contribution in [0.1, 0.15) is 15.9 Å². The molecule has 0 aliphatic carbocycles. The van der Waals surface area contributed by atoms with Crippen molar-refractivity contribution in [2.24, 2.45) is 0 Å². The largest absolute Gasteiger partial charge is 0.497 e. The first-order valence-corrected chi connectivity index (χ1v) is 11.0. The number of methoxy groups -OCH3 is 1. The summed E-state index contributed by atoms with van der Waals surface area (Å²) in [5.41, 5.74) is 3.43. The summed E-state index contributed by atoms with van der Waals surface area (Å²) in [7, 11) is 1.58. The molecule has 7 heteroatoms. The Morgan fingerprint density at radius 1 is 1.03 bits per heavy atom. The lowest BCUT2D eigenvalue weighted by atomic mass is 10.1. The van der Waals surface area contributed by atoms with E-state index in [1.165, 1.54) is 11.8 Å². The predicted molar refractivity (Wildman–Crippen MR) is 125 cm³/mol. The maximum Gasteiger partial charge on any atom is 0.196 e. The van der Waals surface area contributed by atoms with Crippen molar-refractivity contribution in [2.75, 3.05) is 12.9 Å². The molecular weight excluding hydrogens is 430 g/mol. The van der Waals surface area contributed by atoms with Crippen molar-refractivity contribution in [1.82, 2.24) is 14.8 Å². The van der Waals surface area contributed by atoms with Crippen molar-refractivity contribution >= 4 is 29.1 Å². The number of carbonyl (C=O) groups excluding carboxylic acids is 1. The highest BCUT2D eigenvalue weighted by molar-refractivity contribution is 7.99. The van der Waals surface area contributed by atoms with E-state index < -0.39 is 0 Å². The third kappa shape index (κ3) is 4.65. The van der Waals surface area contributed by atoms with Crippen molar-refractivity contribution < 1.29 is 9.53 Å². The van der Waals surface area contributed by atoms with Gasteiger partial charge in [0.25, 0.3) is 0 Å². The first-order valence-electron chi connectivity index (χ1n) is 9.64. The molecule has 1 heterocycles. The summed E-state index contributed by atoms with van der Waals surface area (Å²) in [4.78, 5) is 12.8. The van der Waals surface area contributed by atoms with Gasteiger partial charge in [-0.2, -0.15) is 0 Å². The number of Topliss-reactive ketones (excluding diaryl/α,β-unsaturated/α-hetero) is 1. The van der Waals surface area contributed by atoms with Crippen molar-refractivity contribution in [2.45, 2.75) is 12.1 Å². The maximum atomic E-state index is 12.8. The smallest absolute Gasteiger partial charge is 0.196 e. The number of rotatable bonds is 7. The lowest BCUT2D eigenvalue weighted by Crippen LogP contribution is -2.05. The second-order valence-corrected chi connectivity index (χ2v) is 8.25. The third-order valence-electron chi connectivity index (χ3n) is 4.76. The zero-order valence-electron chi connectivity index (χ0n) is 17.1. The Kier molecular flexibility index (Phi) is 6.39. The van der Waals surface area contributed by atoms with Crippen molar-refractivity contribution in [3.8, 4) is 22.8 Å². The number of ether oxygens (including phenoxy) is 1. The second kappa shape index (κ2) is 9.37. The van der Waals surface area contributed by atoms with Crippen LogP contribution < -0.4 is 4.74 Å². The van der Waals surface area contributed by atoms with E-state index in [1.807, 2.05) is 66.1 Å². The SMILES string of the molecule is COc1cccc(C(=O)CSc2nnc(-c3ccccc3Cl)n2-c2ccc(C)cc2)c1. The van der Waals surface area contributed by atoms with E-state index in [1.54, 1.807) is 25.3 Å². The van der Waals surface area contributed by atoms with Crippen LogP contribution in [-0.4, -0.2) is 33.4 Å². The highest BCUT2D eigenvalue weighted by Crippen LogP contribution is 2.32. The number of halogens is 1. The number of ketones is 1. The Morgan fingerprint density at radius 2 is 1.81 bits per heavy atom. The van der Waals surface area contributed by atoms with Crippen LogP contribution in [0.15, 0.2) is 78.0 Å². The van der Waals surface area contributed by atoms with Crippen LogP contribution in [0, 0.1) is 6.92 Å². The monoisotopic (exact) mass is 449 g/mol. The van der Waals surface area contributed by atoms with Crippen molar-refractivity contribution in [1.29, 1.82) is 0 Å². The number of benzene rings is 3. The number of thioether (sulfide) groups is 1. The van der Waals surface area contributed by atoms with Gasteiger partial charge in [-0.1, -0.05) is 65.3 Å². The van der Waals surface area contributed by atoms with Gasteiger partial charge in [-0.15, -0.1) is 10.2 Å². The number of aryl methyl sites for hydroxylation is 1. The van der Waals surface area contributed by atoms with E-state index in [0.717, 1.165) is 16.8 Å². The molecule has 156 valence electrons.